The lowest BCUT2D eigenvalue weighted by molar-refractivity contribution is -0.119. The Balaban J connectivity index is 1.65. The van der Waals surface area contributed by atoms with Crippen molar-refractivity contribution in [2.24, 2.45) is 0 Å². The van der Waals surface area contributed by atoms with Gasteiger partial charge in [-0.2, -0.15) is 0 Å². The van der Waals surface area contributed by atoms with Gasteiger partial charge >= 0.3 is 0 Å². The van der Waals surface area contributed by atoms with E-state index in [0.717, 1.165) is 16.9 Å². The monoisotopic (exact) mass is 329 g/mol. The number of anilines is 1. The molecule has 0 aliphatic carbocycles. The summed E-state index contributed by atoms with van der Waals surface area (Å²) < 4.78 is 17.1. The predicted octanol–water partition coefficient (Wildman–Crippen LogP) is 3.07. The number of benzene rings is 2. The summed E-state index contributed by atoms with van der Waals surface area (Å²) in [6.07, 6.45) is 2.62. The maximum atomic E-state index is 12.3. The first-order chi connectivity index (χ1) is 11.1. The fourth-order valence-corrected chi connectivity index (χ4v) is 3.28. The van der Waals surface area contributed by atoms with E-state index in [1.54, 1.807) is 30.5 Å². The first-order valence-electron chi connectivity index (χ1n) is 7.56. The number of hydrogen-bond donors (Lipinski definition) is 1. The van der Waals surface area contributed by atoms with Crippen LogP contribution in [0.25, 0.3) is 0 Å². The molecule has 0 aromatic heterocycles. The van der Waals surface area contributed by atoms with Gasteiger partial charge in [0.25, 0.3) is 0 Å². The number of amides is 1. The number of rotatable bonds is 4. The summed E-state index contributed by atoms with van der Waals surface area (Å²) >= 11 is 0. The number of nitrogens with one attached hydrogen (secondary N) is 1. The van der Waals surface area contributed by atoms with Gasteiger partial charge in [0.2, 0.25) is 5.91 Å². The second kappa shape index (κ2) is 7.06. The molecule has 120 valence electrons. The van der Waals surface area contributed by atoms with E-state index in [1.807, 2.05) is 18.2 Å². The minimum absolute atomic E-state index is 0.0860. The molecule has 2 aromatic carbocycles. The van der Waals surface area contributed by atoms with E-state index in [2.05, 4.69) is 11.4 Å². The molecular weight excluding hydrogens is 310 g/mol. The number of ether oxygens (including phenoxy) is 1. The number of carbonyl (C=O) groups is 1. The molecule has 2 aromatic rings. The average molecular weight is 329 g/mol. The highest BCUT2D eigenvalue weighted by molar-refractivity contribution is 7.84. The number of carbonyl (C=O) groups excluding carboxylic acids is 1. The van der Waals surface area contributed by atoms with Crippen molar-refractivity contribution in [3.05, 3.63) is 59.7 Å². The summed E-state index contributed by atoms with van der Waals surface area (Å²) in [5.41, 5.74) is 3.06. The van der Waals surface area contributed by atoms with Gasteiger partial charge in [-0.1, -0.05) is 24.3 Å². The van der Waals surface area contributed by atoms with Crippen LogP contribution in [0.4, 0.5) is 5.69 Å². The van der Waals surface area contributed by atoms with Crippen molar-refractivity contribution in [2.45, 2.75) is 23.8 Å². The van der Waals surface area contributed by atoms with Crippen molar-refractivity contribution < 1.29 is 13.7 Å². The molecule has 1 N–H and O–H groups in total. The van der Waals surface area contributed by atoms with Gasteiger partial charge < -0.3 is 10.1 Å². The number of hydrogen-bond acceptors (Lipinski definition) is 3. The van der Waals surface area contributed by atoms with E-state index in [1.165, 1.54) is 5.56 Å². The zero-order valence-electron chi connectivity index (χ0n) is 13.0. The minimum Gasteiger partial charge on any atom is -0.373 e. The molecule has 5 heteroatoms. The number of fused-ring (bicyclic) bond motifs is 1. The third-order valence-corrected chi connectivity index (χ3v) is 4.87. The summed E-state index contributed by atoms with van der Waals surface area (Å²) in [5.74, 6) is -0.0860. The van der Waals surface area contributed by atoms with Crippen molar-refractivity contribution in [3.8, 4) is 0 Å². The van der Waals surface area contributed by atoms with Crippen molar-refractivity contribution in [1.82, 2.24) is 0 Å². The molecule has 2 atom stereocenters. The van der Waals surface area contributed by atoms with Gasteiger partial charge in [0.1, 0.15) is 0 Å². The Morgan fingerprint density at radius 3 is 2.70 bits per heavy atom. The second-order valence-electron chi connectivity index (χ2n) is 5.54. The molecule has 3 rings (SSSR count). The quantitative estimate of drug-likeness (QED) is 0.938. The summed E-state index contributed by atoms with van der Waals surface area (Å²) in [5, 5.41) is 2.87. The van der Waals surface area contributed by atoms with Crippen molar-refractivity contribution in [2.75, 3.05) is 18.2 Å². The van der Waals surface area contributed by atoms with E-state index < -0.39 is 10.8 Å². The molecule has 23 heavy (non-hydrogen) atoms. The molecule has 4 nitrogen and oxygen atoms in total. The smallest absolute Gasteiger partial charge is 0.227 e. The van der Waals surface area contributed by atoms with Gasteiger partial charge in [0.15, 0.2) is 0 Å². The third-order valence-electron chi connectivity index (χ3n) is 3.93. The van der Waals surface area contributed by atoms with Gasteiger partial charge in [-0.15, -0.1) is 0 Å². The Labute approximate surface area is 138 Å². The van der Waals surface area contributed by atoms with E-state index in [4.69, 9.17) is 4.74 Å². The lowest BCUT2D eigenvalue weighted by Crippen LogP contribution is -2.22. The topological polar surface area (TPSA) is 55.4 Å². The molecule has 0 bridgehead atoms. The van der Waals surface area contributed by atoms with Crippen LogP contribution in [0.3, 0.4) is 0 Å². The SMILES string of the molecule is C[S@@](=O)c1ccc(NC(=O)C[C@H]2OCCc3ccccc32)cc1. The summed E-state index contributed by atoms with van der Waals surface area (Å²) in [7, 11) is -1.01. The van der Waals surface area contributed by atoms with Crippen molar-refractivity contribution in [3.63, 3.8) is 0 Å². The highest BCUT2D eigenvalue weighted by Gasteiger charge is 2.23. The van der Waals surface area contributed by atoms with Gasteiger partial charge in [0, 0.05) is 27.6 Å². The first-order valence-corrected chi connectivity index (χ1v) is 9.12. The van der Waals surface area contributed by atoms with Crippen LogP contribution in [0.15, 0.2) is 53.4 Å². The maximum Gasteiger partial charge on any atom is 0.227 e. The largest absolute Gasteiger partial charge is 0.373 e. The van der Waals surface area contributed by atoms with Gasteiger partial charge in [-0.25, -0.2) is 0 Å². The summed E-state index contributed by atoms with van der Waals surface area (Å²) in [4.78, 5) is 13.0. The third kappa shape index (κ3) is 3.86. The van der Waals surface area contributed by atoms with Crippen LogP contribution in [-0.4, -0.2) is 23.0 Å². The van der Waals surface area contributed by atoms with Gasteiger partial charge in [-0.05, 0) is 41.8 Å². The van der Waals surface area contributed by atoms with E-state index in [-0.39, 0.29) is 12.0 Å². The molecule has 0 spiro atoms. The normalized spacial score (nSPS) is 18.0. The highest BCUT2D eigenvalue weighted by atomic mass is 32.2. The van der Waals surface area contributed by atoms with Crippen LogP contribution in [-0.2, 0) is 26.8 Å². The van der Waals surface area contributed by atoms with Crippen molar-refractivity contribution in [1.29, 1.82) is 0 Å². The molecule has 0 radical (unpaired) electrons. The van der Waals surface area contributed by atoms with Crippen molar-refractivity contribution >= 4 is 22.4 Å². The van der Waals surface area contributed by atoms with Gasteiger partial charge in [0.05, 0.1) is 19.1 Å². The van der Waals surface area contributed by atoms with Crippen LogP contribution >= 0.6 is 0 Å². The van der Waals surface area contributed by atoms with Crippen LogP contribution in [0.5, 0.6) is 0 Å². The van der Waals surface area contributed by atoms with Crippen LogP contribution in [0, 0.1) is 0 Å². The fraction of sp³-hybridized carbons (Fsp3) is 0.278. The average Bonchev–Trinajstić information content (AvgIpc) is 2.55. The molecule has 0 saturated carbocycles. The maximum absolute atomic E-state index is 12.3. The zero-order valence-corrected chi connectivity index (χ0v) is 13.8. The van der Waals surface area contributed by atoms with E-state index in [9.17, 15) is 9.00 Å². The van der Waals surface area contributed by atoms with Crippen LogP contribution in [0.2, 0.25) is 0 Å². The summed E-state index contributed by atoms with van der Waals surface area (Å²) in [6.45, 7) is 0.645. The Morgan fingerprint density at radius 1 is 1.22 bits per heavy atom. The molecule has 1 aliphatic heterocycles. The Kier molecular flexibility index (Phi) is 4.88. The Bertz CT molecular complexity index is 727. The van der Waals surface area contributed by atoms with Crippen LogP contribution < -0.4 is 5.32 Å². The zero-order chi connectivity index (χ0) is 16.2. The molecule has 1 aliphatic rings. The molecular formula is C18H19NO3S. The molecule has 1 amide bonds. The minimum atomic E-state index is -1.01. The second-order valence-corrected chi connectivity index (χ2v) is 6.92. The highest BCUT2D eigenvalue weighted by Crippen LogP contribution is 2.29. The lowest BCUT2D eigenvalue weighted by Gasteiger charge is -2.25. The molecule has 0 saturated heterocycles. The molecule has 1 heterocycles. The predicted molar refractivity (Wildman–Crippen MR) is 90.9 cm³/mol. The lowest BCUT2D eigenvalue weighted by atomic mass is 9.95. The molecule has 0 fully saturated rings. The standard InChI is InChI=1S/C18H19NO3S/c1-23(21)15-8-6-14(7-9-15)19-18(20)12-17-16-5-3-2-4-13(16)10-11-22-17/h2-9,17H,10-12H2,1H3,(H,19,20)/t17-,23-/m1/s1. The van der Waals surface area contributed by atoms with E-state index >= 15 is 0 Å². The summed E-state index contributed by atoms with van der Waals surface area (Å²) in [6, 6.07) is 15.2. The molecule has 0 unspecified atom stereocenters. The Hall–Kier alpha value is -1.98. The van der Waals surface area contributed by atoms with Crippen LogP contribution in [0.1, 0.15) is 23.7 Å². The Morgan fingerprint density at radius 2 is 1.96 bits per heavy atom. The fourth-order valence-electron chi connectivity index (χ4n) is 2.76. The van der Waals surface area contributed by atoms with Gasteiger partial charge in [-0.3, -0.25) is 9.00 Å². The van der Waals surface area contributed by atoms with E-state index in [0.29, 0.717) is 18.7 Å². The first kappa shape index (κ1) is 15.9.